The molecule has 1 aromatic heterocycles. The smallest absolute Gasteiger partial charge is 0.0340 e. The molecule has 0 fully saturated rings. The summed E-state index contributed by atoms with van der Waals surface area (Å²) in [5.41, 5.74) is 2.57. The van der Waals surface area contributed by atoms with Gasteiger partial charge in [0.15, 0.2) is 0 Å². The van der Waals surface area contributed by atoms with Crippen molar-refractivity contribution in [3.8, 4) is 0 Å². The van der Waals surface area contributed by atoms with Crippen molar-refractivity contribution in [1.29, 1.82) is 0 Å². The first-order valence-corrected chi connectivity index (χ1v) is 5.04. The van der Waals surface area contributed by atoms with Gasteiger partial charge in [-0.25, -0.2) is 0 Å². The molecule has 0 aliphatic carbocycles. The maximum atomic E-state index is 4.57. The van der Waals surface area contributed by atoms with E-state index in [-0.39, 0.29) is 4.75 Å². The molecule has 1 heterocycles. The summed E-state index contributed by atoms with van der Waals surface area (Å²) in [6.07, 6.45) is 3.76. The van der Waals surface area contributed by atoms with Crippen LogP contribution in [0, 0.1) is 0 Å². The minimum absolute atomic E-state index is 0.103. The predicted octanol–water partition coefficient (Wildman–Crippen LogP) is 3.37. The molecule has 1 rings (SSSR count). The fourth-order valence-corrected chi connectivity index (χ4v) is 1.61. The van der Waals surface area contributed by atoms with E-state index < -0.39 is 0 Å². The second-order valence-electron chi connectivity index (χ2n) is 4.18. The van der Waals surface area contributed by atoms with Crippen LogP contribution in [-0.2, 0) is 4.75 Å². The highest BCUT2D eigenvalue weighted by Crippen LogP contribution is 2.32. The van der Waals surface area contributed by atoms with Crippen molar-refractivity contribution >= 4 is 12.6 Å². The molecule has 0 saturated carbocycles. The highest BCUT2D eigenvalue weighted by molar-refractivity contribution is 7.81. The zero-order valence-electron chi connectivity index (χ0n) is 8.70. The van der Waals surface area contributed by atoms with Crippen molar-refractivity contribution in [2.75, 3.05) is 0 Å². The summed E-state index contributed by atoms with van der Waals surface area (Å²) in [4.78, 5) is 4.15. The van der Waals surface area contributed by atoms with Gasteiger partial charge in [0, 0.05) is 17.1 Å². The second kappa shape index (κ2) is 3.70. The molecule has 0 aliphatic rings. The summed E-state index contributed by atoms with van der Waals surface area (Å²) >= 11 is 4.57. The lowest BCUT2D eigenvalue weighted by molar-refractivity contribution is 0.739. The summed E-state index contributed by atoms with van der Waals surface area (Å²) in [6, 6.07) is 2.08. The predicted molar refractivity (Wildman–Crippen MR) is 60.3 cm³/mol. The molecular formula is C11H17NS. The number of nitrogens with zero attached hydrogens (tertiary/aromatic N) is 1. The number of hydrogen-bond acceptors (Lipinski definition) is 2. The normalized spacial score (nSPS) is 12.2. The SMILES string of the molecule is CC(C)c1ccncc1C(C)(C)S. The lowest BCUT2D eigenvalue weighted by Gasteiger charge is -2.22. The largest absolute Gasteiger partial charge is 0.264 e. The molecule has 0 atom stereocenters. The third-order valence-corrected chi connectivity index (χ3v) is 2.38. The van der Waals surface area contributed by atoms with Crippen LogP contribution < -0.4 is 0 Å². The fraction of sp³-hybridized carbons (Fsp3) is 0.545. The fourth-order valence-electron chi connectivity index (χ4n) is 1.42. The van der Waals surface area contributed by atoms with Crippen molar-refractivity contribution in [3.63, 3.8) is 0 Å². The Labute approximate surface area is 86.0 Å². The Kier molecular flexibility index (Phi) is 3.01. The van der Waals surface area contributed by atoms with Gasteiger partial charge < -0.3 is 0 Å². The van der Waals surface area contributed by atoms with Crippen LogP contribution in [0.1, 0.15) is 44.7 Å². The topological polar surface area (TPSA) is 12.9 Å². The number of hydrogen-bond donors (Lipinski definition) is 1. The average Bonchev–Trinajstić information content (AvgIpc) is 2.03. The maximum absolute atomic E-state index is 4.57. The van der Waals surface area contributed by atoms with Crippen LogP contribution in [0.5, 0.6) is 0 Å². The molecule has 0 spiro atoms. The van der Waals surface area contributed by atoms with Crippen LogP contribution in [-0.4, -0.2) is 4.98 Å². The van der Waals surface area contributed by atoms with Crippen molar-refractivity contribution in [2.45, 2.75) is 38.4 Å². The summed E-state index contributed by atoms with van der Waals surface area (Å²) in [6.45, 7) is 8.58. The Hall–Kier alpha value is -0.500. The van der Waals surface area contributed by atoms with Gasteiger partial charge in [-0.3, -0.25) is 4.98 Å². The van der Waals surface area contributed by atoms with Crippen molar-refractivity contribution in [2.24, 2.45) is 0 Å². The Balaban J connectivity index is 3.20. The van der Waals surface area contributed by atoms with Crippen LogP contribution in [0.3, 0.4) is 0 Å². The first-order chi connectivity index (χ1) is 5.93. The summed E-state index contributed by atoms with van der Waals surface area (Å²) in [5.74, 6) is 0.532. The van der Waals surface area contributed by atoms with Gasteiger partial charge in [0.25, 0.3) is 0 Å². The molecule has 0 bridgehead atoms. The quantitative estimate of drug-likeness (QED) is 0.714. The van der Waals surface area contributed by atoms with E-state index in [2.05, 4.69) is 51.4 Å². The first kappa shape index (κ1) is 10.6. The lowest BCUT2D eigenvalue weighted by Crippen LogP contribution is -2.12. The molecule has 0 N–H and O–H groups in total. The van der Waals surface area contributed by atoms with Gasteiger partial charge in [0.2, 0.25) is 0 Å². The first-order valence-electron chi connectivity index (χ1n) is 4.59. The Morgan fingerprint density at radius 3 is 2.38 bits per heavy atom. The monoisotopic (exact) mass is 195 g/mol. The molecule has 0 aliphatic heterocycles. The summed E-state index contributed by atoms with van der Waals surface area (Å²) in [7, 11) is 0. The molecule has 0 unspecified atom stereocenters. The molecule has 72 valence electrons. The number of pyridine rings is 1. The van der Waals surface area contributed by atoms with Crippen molar-refractivity contribution < 1.29 is 0 Å². The molecule has 0 radical (unpaired) electrons. The second-order valence-corrected chi connectivity index (χ2v) is 5.29. The van der Waals surface area contributed by atoms with Crippen LogP contribution in [0.15, 0.2) is 18.5 Å². The van der Waals surface area contributed by atoms with Crippen molar-refractivity contribution in [3.05, 3.63) is 29.6 Å². The van der Waals surface area contributed by atoms with E-state index in [9.17, 15) is 0 Å². The van der Waals surface area contributed by atoms with Crippen LogP contribution in [0.25, 0.3) is 0 Å². The van der Waals surface area contributed by atoms with E-state index in [1.165, 1.54) is 11.1 Å². The van der Waals surface area contributed by atoms with Crippen molar-refractivity contribution in [1.82, 2.24) is 4.98 Å². The molecule has 0 saturated heterocycles. The highest BCUT2D eigenvalue weighted by atomic mass is 32.1. The molecule has 13 heavy (non-hydrogen) atoms. The number of thiol groups is 1. The Bertz CT molecular complexity index is 286. The zero-order valence-corrected chi connectivity index (χ0v) is 9.60. The molecule has 0 aromatic carbocycles. The highest BCUT2D eigenvalue weighted by Gasteiger charge is 2.19. The Morgan fingerprint density at radius 2 is 2.00 bits per heavy atom. The molecular weight excluding hydrogens is 178 g/mol. The standard InChI is InChI=1S/C11H17NS/c1-8(2)9-5-6-12-7-10(9)11(3,4)13/h5-8,13H,1-4H3. The van der Waals surface area contributed by atoms with E-state index in [1.54, 1.807) is 0 Å². The van der Waals surface area contributed by atoms with Gasteiger partial charge in [-0.2, -0.15) is 12.6 Å². The average molecular weight is 195 g/mol. The van der Waals surface area contributed by atoms with Gasteiger partial charge in [0.1, 0.15) is 0 Å². The Morgan fingerprint density at radius 1 is 1.38 bits per heavy atom. The van der Waals surface area contributed by atoms with E-state index >= 15 is 0 Å². The van der Waals surface area contributed by atoms with Crippen LogP contribution in [0.2, 0.25) is 0 Å². The summed E-state index contributed by atoms with van der Waals surface area (Å²) < 4.78 is -0.103. The molecule has 1 nitrogen and oxygen atoms in total. The third kappa shape index (κ3) is 2.47. The summed E-state index contributed by atoms with van der Waals surface area (Å²) in [5, 5.41) is 0. The van der Waals surface area contributed by atoms with Gasteiger partial charge in [-0.1, -0.05) is 13.8 Å². The van der Waals surface area contributed by atoms with E-state index in [0.717, 1.165) is 0 Å². The number of rotatable bonds is 2. The molecule has 0 amide bonds. The third-order valence-electron chi connectivity index (χ3n) is 2.14. The zero-order chi connectivity index (χ0) is 10.1. The molecule has 2 heteroatoms. The van der Waals surface area contributed by atoms with Crippen LogP contribution in [0.4, 0.5) is 0 Å². The van der Waals surface area contributed by atoms with Gasteiger partial charge >= 0.3 is 0 Å². The lowest BCUT2D eigenvalue weighted by atomic mass is 9.92. The van der Waals surface area contributed by atoms with Gasteiger partial charge in [-0.15, -0.1) is 0 Å². The van der Waals surface area contributed by atoms with E-state index in [4.69, 9.17) is 0 Å². The van der Waals surface area contributed by atoms with Gasteiger partial charge in [0.05, 0.1) is 0 Å². The minimum atomic E-state index is -0.103. The number of aromatic nitrogens is 1. The van der Waals surface area contributed by atoms with Crippen LogP contribution >= 0.6 is 12.6 Å². The van der Waals surface area contributed by atoms with E-state index in [0.29, 0.717) is 5.92 Å². The minimum Gasteiger partial charge on any atom is -0.264 e. The van der Waals surface area contributed by atoms with E-state index in [1.807, 2.05) is 12.4 Å². The maximum Gasteiger partial charge on any atom is 0.0340 e. The molecule has 1 aromatic rings. The van der Waals surface area contributed by atoms with Gasteiger partial charge in [-0.05, 0) is 37.0 Å².